The monoisotopic (exact) mass is 210 g/mol. The predicted octanol–water partition coefficient (Wildman–Crippen LogP) is 0.573. The highest BCUT2D eigenvalue weighted by atomic mass is 16.5. The number of ether oxygens (including phenoxy) is 1. The number of nitrogens with one attached hydrogen (secondary N) is 1. The lowest BCUT2D eigenvalue weighted by Gasteiger charge is -2.06. The van der Waals surface area contributed by atoms with Gasteiger partial charge in [-0.25, -0.2) is 0 Å². The van der Waals surface area contributed by atoms with Crippen molar-refractivity contribution in [3.63, 3.8) is 0 Å². The molecule has 1 rings (SSSR count). The summed E-state index contributed by atoms with van der Waals surface area (Å²) in [6, 6.07) is 3.60. The van der Waals surface area contributed by atoms with E-state index in [4.69, 9.17) is 9.84 Å². The summed E-state index contributed by atoms with van der Waals surface area (Å²) in [4.78, 5) is 14.5. The zero-order chi connectivity index (χ0) is 11.3. The molecule has 0 aliphatic rings. The minimum Gasteiger partial charge on any atom is -0.497 e. The number of nitrogens with zero attached hydrogens (tertiary/aromatic N) is 1. The summed E-state index contributed by atoms with van der Waals surface area (Å²) >= 11 is 0. The van der Waals surface area contributed by atoms with Crippen molar-refractivity contribution >= 4 is 5.97 Å². The van der Waals surface area contributed by atoms with Gasteiger partial charge in [-0.15, -0.1) is 0 Å². The Morgan fingerprint density at radius 2 is 2.33 bits per heavy atom. The molecule has 0 atom stereocenters. The van der Waals surface area contributed by atoms with Crippen LogP contribution in [0.1, 0.15) is 11.4 Å². The normalized spacial score (nSPS) is 10.0. The fourth-order valence-corrected chi connectivity index (χ4v) is 1.21. The maximum absolute atomic E-state index is 10.3. The summed E-state index contributed by atoms with van der Waals surface area (Å²) in [5, 5.41) is 11.2. The molecule has 0 aliphatic heterocycles. The Morgan fingerprint density at radius 3 is 2.93 bits per heavy atom. The number of carbonyl (C=O) groups is 1. The number of hydrogen-bond donors (Lipinski definition) is 2. The number of carboxylic acids is 1. The number of pyridine rings is 1. The minimum atomic E-state index is -0.880. The van der Waals surface area contributed by atoms with E-state index in [0.717, 1.165) is 17.1 Å². The number of carboxylic acid groups (broad SMARTS) is 1. The van der Waals surface area contributed by atoms with Crippen LogP contribution in [0, 0.1) is 6.92 Å². The van der Waals surface area contributed by atoms with Gasteiger partial charge in [-0.1, -0.05) is 0 Å². The van der Waals surface area contributed by atoms with Crippen LogP contribution in [0.15, 0.2) is 12.1 Å². The highest BCUT2D eigenvalue weighted by molar-refractivity contribution is 5.68. The summed E-state index contributed by atoms with van der Waals surface area (Å²) in [5.41, 5.74) is 1.62. The predicted molar refractivity (Wildman–Crippen MR) is 54.9 cm³/mol. The van der Waals surface area contributed by atoms with Gasteiger partial charge in [-0.2, -0.15) is 0 Å². The Kier molecular flexibility index (Phi) is 4.05. The van der Waals surface area contributed by atoms with Crippen molar-refractivity contribution in [1.82, 2.24) is 10.3 Å². The van der Waals surface area contributed by atoms with Crippen molar-refractivity contribution in [1.29, 1.82) is 0 Å². The summed E-state index contributed by atoms with van der Waals surface area (Å²) in [5.74, 6) is -0.149. The van der Waals surface area contributed by atoms with Gasteiger partial charge in [0.25, 0.3) is 0 Å². The molecule has 0 bridgehead atoms. The zero-order valence-electron chi connectivity index (χ0n) is 8.78. The van der Waals surface area contributed by atoms with Gasteiger partial charge in [0, 0.05) is 24.4 Å². The summed E-state index contributed by atoms with van der Waals surface area (Å²) in [7, 11) is 1.59. The van der Waals surface area contributed by atoms with Crippen molar-refractivity contribution in [2.75, 3.05) is 13.7 Å². The second kappa shape index (κ2) is 5.31. The molecule has 2 N–H and O–H groups in total. The number of hydrogen-bond acceptors (Lipinski definition) is 4. The van der Waals surface area contributed by atoms with Crippen LogP contribution in [-0.4, -0.2) is 29.7 Å². The topological polar surface area (TPSA) is 71.5 Å². The second-order valence-corrected chi connectivity index (χ2v) is 3.14. The van der Waals surface area contributed by atoms with Gasteiger partial charge in [0.15, 0.2) is 0 Å². The maximum Gasteiger partial charge on any atom is 0.317 e. The molecule has 0 saturated carbocycles. The van der Waals surface area contributed by atoms with Crippen LogP contribution in [0.25, 0.3) is 0 Å². The molecule has 1 heterocycles. The molecule has 0 unspecified atom stereocenters. The van der Waals surface area contributed by atoms with Gasteiger partial charge >= 0.3 is 5.97 Å². The smallest absolute Gasteiger partial charge is 0.317 e. The van der Waals surface area contributed by atoms with E-state index in [1.54, 1.807) is 13.2 Å². The van der Waals surface area contributed by atoms with Crippen LogP contribution in [0.3, 0.4) is 0 Å². The van der Waals surface area contributed by atoms with Crippen molar-refractivity contribution in [2.45, 2.75) is 13.5 Å². The molecule has 1 aromatic rings. The Labute approximate surface area is 88.1 Å². The molecule has 0 amide bonds. The first-order chi connectivity index (χ1) is 7.11. The Bertz CT molecular complexity index is 353. The van der Waals surface area contributed by atoms with Crippen LogP contribution in [0.5, 0.6) is 5.75 Å². The third-order valence-electron chi connectivity index (χ3n) is 1.80. The number of aliphatic carboxylic acids is 1. The highest BCUT2D eigenvalue weighted by Crippen LogP contribution is 2.12. The molecule has 0 aliphatic carbocycles. The zero-order valence-corrected chi connectivity index (χ0v) is 8.78. The molecule has 5 nitrogen and oxygen atoms in total. The van der Waals surface area contributed by atoms with E-state index in [1.165, 1.54) is 0 Å². The number of aryl methyl sites for hydroxylation is 1. The van der Waals surface area contributed by atoms with Gasteiger partial charge in [0.2, 0.25) is 0 Å². The average Bonchev–Trinajstić information content (AvgIpc) is 2.16. The third-order valence-corrected chi connectivity index (χ3v) is 1.80. The molecule has 1 aromatic heterocycles. The standard InChI is InChI=1S/C10H14N2O3/c1-7-3-9(15-2)4-8(12-7)5-11-6-10(13)14/h3-4,11H,5-6H2,1-2H3,(H,13,14). The largest absolute Gasteiger partial charge is 0.497 e. The lowest BCUT2D eigenvalue weighted by Crippen LogP contribution is -2.22. The molecular weight excluding hydrogens is 196 g/mol. The fourth-order valence-electron chi connectivity index (χ4n) is 1.21. The SMILES string of the molecule is COc1cc(C)nc(CNCC(=O)O)c1. The van der Waals surface area contributed by atoms with E-state index in [1.807, 2.05) is 13.0 Å². The van der Waals surface area contributed by atoms with Gasteiger partial charge in [-0.3, -0.25) is 9.78 Å². The molecule has 15 heavy (non-hydrogen) atoms. The number of rotatable bonds is 5. The molecule has 0 aromatic carbocycles. The van der Waals surface area contributed by atoms with Crippen LogP contribution in [0.4, 0.5) is 0 Å². The van der Waals surface area contributed by atoms with E-state index < -0.39 is 5.97 Å². The second-order valence-electron chi connectivity index (χ2n) is 3.14. The first kappa shape index (κ1) is 11.5. The first-order valence-corrected chi connectivity index (χ1v) is 4.56. The van der Waals surface area contributed by atoms with E-state index in [0.29, 0.717) is 6.54 Å². The third kappa shape index (κ3) is 3.95. The number of aromatic nitrogens is 1. The van der Waals surface area contributed by atoms with Crippen LogP contribution in [-0.2, 0) is 11.3 Å². The van der Waals surface area contributed by atoms with Crippen LogP contribution in [0.2, 0.25) is 0 Å². The first-order valence-electron chi connectivity index (χ1n) is 4.56. The van der Waals surface area contributed by atoms with Gasteiger partial charge in [-0.05, 0) is 6.92 Å². The van der Waals surface area contributed by atoms with Crippen molar-refractivity contribution in [3.8, 4) is 5.75 Å². The molecule has 0 radical (unpaired) electrons. The van der Waals surface area contributed by atoms with Gasteiger partial charge in [0.05, 0.1) is 19.3 Å². The molecular formula is C10H14N2O3. The van der Waals surface area contributed by atoms with Crippen molar-refractivity contribution in [3.05, 3.63) is 23.5 Å². The highest BCUT2D eigenvalue weighted by Gasteiger charge is 2.01. The van der Waals surface area contributed by atoms with Gasteiger partial charge in [0.1, 0.15) is 5.75 Å². The fraction of sp³-hybridized carbons (Fsp3) is 0.400. The quantitative estimate of drug-likeness (QED) is 0.743. The van der Waals surface area contributed by atoms with E-state index in [-0.39, 0.29) is 6.54 Å². The van der Waals surface area contributed by atoms with Crippen LogP contribution >= 0.6 is 0 Å². The van der Waals surface area contributed by atoms with E-state index in [2.05, 4.69) is 10.3 Å². The molecule has 0 spiro atoms. The molecule has 0 saturated heterocycles. The molecule has 0 fully saturated rings. The van der Waals surface area contributed by atoms with E-state index in [9.17, 15) is 4.79 Å². The summed E-state index contributed by atoms with van der Waals surface area (Å²) in [6.07, 6.45) is 0. The number of methoxy groups -OCH3 is 1. The minimum absolute atomic E-state index is 0.0715. The Morgan fingerprint density at radius 1 is 1.60 bits per heavy atom. The summed E-state index contributed by atoms with van der Waals surface area (Å²) in [6.45, 7) is 2.21. The van der Waals surface area contributed by atoms with Crippen molar-refractivity contribution < 1.29 is 14.6 Å². The van der Waals surface area contributed by atoms with Crippen molar-refractivity contribution in [2.24, 2.45) is 0 Å². The lowest BCUT2D eigenvalue weighted by atomic mass is 10.3. The maximum atomic E-state index is 10.3. The average molecular weight is 210 g/mol. The molecule has 82 valence electrons. The van der Waals surface area contributed by atoms with Crippen LogP contribution < -0.4 is 10.1 Å². The Balaban J connectivity index is 2.60. The summed E-state index contributed by atoms with van der Waals surface area (Å²) < 4.78 is 5.08. The Hall–Kier alpha value is -1.62. The van der Waals surface area contributed by atoms with Gasteiger partial charge < -0.3 is 15.2 Å². The van der Waals surface area contributed by atoms with E-state index >= 15 is 0 Å². The lowest BCUT2D eigenvalue weighted by molar-refractivity contribution is -0.135. The molecule has 5 heteroatoms.